The maximum atomic E-state index is 12.9. The van der Waals surface area contributed by atoms with Crippen LogP contribution >= 0.6 is 0 Å². The van der Waals surface area contributed by atoms with Crippen molar-refractivity contribution in [3.05, 3.63) is 53.7 Å². The molecule has 3 aromatic rings. The zero-order valence-electron chi connectivity index (χ0n) is 17.8. The number of para-hydroxylation sites is 1. The van der Waals surface area contributed by atoms with E-state index < -0.39 is 0 Å². The van der Waals surface area contributed by atoms with Gasteiger partial charge in [0.15, 0.2) is 6.29 Å². The van der Waals surface area contributed by atoms with Crippen molar-refractivity contribution in [3.63, 3.8) is 0 Å². The zero-order valence-corrected chi connectivity index (χ0v) is 17.8. The molecule has 1 fully saturated rings. The van der Waals surface area contributed by atoms with E-state index in [0.29, 0.717) is 17.9 Å². The molecule has 2 aromatic carbocycles. The van der Waals surface area contributed by atoms with Crippen LogP contribution in [0, 0.1) is 5.92 Å². The highest BCUT2D eigenvalue weighted by molar-refractivity contribution is 6.05. The van der Waals surface area contributed by atoms with Gasteiger partial charge in [0, 0.05) is 40.4 Å². The number of benzene rings is 2. The number of nitrogens with one attached hydrogen (secondary N) is 1. The standard InChI is InChI=1S/C26H28N2O3/c1-16-12-24-26(21-4-2-3-5-23(21)28(24)25(31)13-16)17-6-7-18(15-29)22(14-17)27-19-8-10-20(30)11-9-19/h2-7,14-16,19-20,27,30H,8-13H2,1H3/t16-,19-,20-/m1/s1. The lowest BCUT2D eigenvalue weighted by Gasteiger charge is -2.27. The van der Waals surface area contributed by atoms with E-state index >= 15 is 0 Å². The van der Waals surface area contributed by atoms with Crippen LogP contribution in [-0.4, -0.2) is 34.0 Å². The molecular weight excluding hydrogens is 388 g/mol. The van der Waals surface area contributed by atoms with E-state index in [1.54, 1.807) is 0 Å². The van der Waals surface area contributed by atoms with Gasteiger partial charge in [-0.15, -0.1) is 0 Å². The van der Waals surface area contributed by atoms with E-state index in [1.165, 1.54) is 0 Å². The number of fused-ring (bicyclic) bond motifs is 3. The quantitative estimate of drug-likeness (QED) is 0.583. The molecule has 160 valence electrons. The molecule has 0 bridgehead atoms. The van der Waals surface area contributed by atoms with Crippen LogP contribution in [0.2, 0.25) is 0 Å². The van der Waals surface area contributed by atoms with Gasteiger partial charge >= 0.3 is 0 Å². The summed E-state index contributed by atoms with van der Waals surface area (Å²) in [6, 6.07) is 14.3. The van der Waals surface area contributed by atoms with Crippen LogP contribution in [0.15, 0.2) is 42.5 Å². The number of anilines is 1. The monoisotopic (exact) mass is 416 g/mol. The Labute approximate surface area is 182 Å². The average Bonchev–Trinajstić information content (AvgIpc) is 3.09. The van der Waals surface area contributed by atoms with Crippen LogP contribution in [0.25, 0.3) is 22.0 Å². The Bertz CT molecular complexity index is 1150. The smallest absolute Gasteiger partial charge is 0.231 e. The van der Waals surface area contributed by atoms with Crippen LogP contribution in [-0.2, 0) is 6.42 Å². The number of rotatable bonds is 4. The largest absolute Gasteiger partial charge is 0.393 e. The molecule has 0 radical (unpaired) electrons. The Morgan fingerprint density at radius 1 is 1.06 bits per heavy atom. The van der Waals surface area contributed by atoms with Gasteiger partial charge in [0.2, 0.25) is 5.91 Å². The molecule has 5 nitrogen and oxygen atoms in total. The van der Waals surface area contributed by atoms with Crippen LogP contribution in [0.5, 0.6) is 0 Å². The molecule has 0 unspecified atom stereocenters. The molecule has 5 heteroatoms. The molecule has 0 spiro atoms. The van der Waals surface area contributed by atoms with Crippen LogP contribution in [0.3, 0.4) is 0 Å². The first-order valence-corrected chi connectivity index (χ1v) is 11.2. The summed E-state index contributed by atoms with van der Waals surface area (Å²) in [6.45, 7) is 2.13. The number of nitrogens with zero attached hydrogens (tertiary/aromatic N) is 1. The first kappa shape index (κ1) is 20.0. The fraction of sp³-hybridized carbons (Fsp3) is 0.385. The van der Waals surface area contributed by atoms with Gasteiger partial charge in [0.25, 0.3) is 0 Å². The van der Waals surface area contributed by atoms with Gasteiger partial charge in [-0.2, -0.15) is 0 Å². The Morgan fingerprint density at radius 2 is 1.84 bits per heavy atom. The third-order valence-corrected chi connectivity index (χ3v) is 6.81. The third-order valence-electron chi connectivity index (χ3n) is 6.81. The second-order valence-corrected chi connectivity index (χ2v) is 9.15. The second kappa shape index (κ2) is 7.97. The lowest BCUT2D eigenvalue weighted by atomic mass is 9.91. The fourth-order valence-corrected chi connectivity index (χ4v) is 5.26. The van der Waals surface area contributed by atoms with Crippen molar-refractivity contribution in [2.45, 2.75) is 57.6 Å². The molecular formula is C26H28N2O3. The average molecular weight is 417 g/mol. The lowest BCUT2D eigenvalue weighted by Crippen LogP contribution is -2.28. The van der Waals surface area contributed by atoms with E-state index in [2.05, 4.69) is 24.4 Å². The molecule has 2 N–H and O–H groups in total. The summed E-state index contributed by atoms with van der Waals surface area (Å²) >= 11 is 0. The van der Waals surface area contributed by atoms with E-state index in [1.807, 2.05) is 34.9 Å². The summed E-state index contributed by atoms with van der Waals surface area (Å²) in [7, 11) is 0. The molecule has 1 aromatic heterocycles. The van der Waals surface area contributed by atoms with Crippen LogP contribution < -0.4 is 5.32 Å². The molecule has 1 aliphatic heterocycles. The van der Waals surface area contributed by atoms with Crippen LogP contribution in [0.1, 0.15) is 59.9 Å². The first-order chi connectivity index (χ1) is 15.0. The summed E-state index contributed by atoms with van der Waals surface area (Å²) in [4.78, 5) is 24.6. The maximum Gasteiger partial charge on any atom is 0.231 e. The molecule has 1 atom stereocenters. The first-order valence-electron chi connectivity index (χ1n) is 11.2. The number of hydrogen-bond donors (Lipinski definition) is 2. The minimum atomic E-state index is -0.214. The van der Waals surface area contributed by atoms with Crippen molar-refractivity contribution in [3.8, 4) is 11.1 Å². The van der Waals surface area contributed by atoms with Crippen molar-refractivity contribution in [1.82, 2.24) is 4.57 Å². The molecule has 1 aliphatic carbocycles. The van der Waals surface area contributed by atoms with Crippen molar-refractivity contribution < 1.29 is 14.7 Å². The van der Waals surface area contributed by atoms with Crippen molar-refractivity contribution in [2.24, 2.45) is 5.92 Å². The SMILES string of the molecule is C[C@H]1CC(=O)n2c(c(-c3ccc(C=O)c(N[C@H]4CC[C@H](O)CC4)c3)c3ccccc32)C1. The highest BCUT2D eigenvalue weighted by Crippen LogP contribution is 2.40. The minimum Gasteiger partial charge on any atom is -0.393 e. The highest BCUT2D eigenvalue weighted by Gasteiger charge is 2.29. The maximum absolute atomic E-state index is 12.9. The summed E-state index contributed by atoms with van der Waals surface area (Å²) in [6.07, 6.45) is 5.44. The predicted octanol–water partition coefficient (Wildman–Crippen LogP) is 5.06. The van der Waals surface area contributed by atoms with Gasteiger partial charge in [0.1, 0.15) is 0 Å². The molecule has 5 rings (SSSR count). The number of aliphatic hydroxyl groups is 1. The number of hydrogen-bond acceptors (Lipinski definition) is 4. The van der Waals surface area contributed by atoms with E-state index in [4.69, 9.17) is 0 Å². The van der Waals surface area contributed by atoms with Gasteiger partial charge in [-0.3, -0.25) is 14.2 Å². The number of aliphatic hydroxyl groups excluding tert-OH is 1. The summed E-state index contributed by atoms with van der Waals surface area (Å²) < 4.78 is 1.90. The van der Waals surface area contributed by atoms with Crippen LogP contribution in [0.4, 0.5) is 5.69 Å². The van der Waals surface area contributed by atoms with E-state index in [-0.39, 0.29) is 18.1 Å². The Kier molecular flexibility index (Phi) is 5.14. The van der Waals surface area contributed by atoms with Gasteiger partial charge < -0.3 is 10.4 Å². The number of aldehydes is 1. The normalized spacial score (nSPS) is 23.5. The van der Waals surface area contributed by atoms with E-state index in [9.17, 15) is 14.7 Å². The third kappa shape index (κ3) is 3.57. The number of aromatic nitrogens is 1. The fourth-order valence-electron chi connectivity index (χ4n) is 5.26. The van der Waals surface area contributed by atoms with Crippen molar-refractivity contribution in [1.29, 1.82) is 0 Å². The van der Waals surface area contributed by atoms with Gasteiger partial charge in [0.05, 0.1) is 11.6 Å². The molecule has 0 amide bonds. The lowest BCUT2D eigenvalue weighted by molar-refractivity contribution is 0.0866. The number of carbonyl (C=O) groups is 2. The Balaban J connectivity index is 1.62. The predicted molar refractivity (Wildman–Crippen MR) is 123 cm³/mol. The Hall–Kier alpha value is -2.92. The molecule has 2 aliphatic rings. The van der Waals surface area contributed by atoms with E-state index in [0.717, 1.165) is 71.8 Å². The van der Waals surface area contributed by atoms with Crippen molar-refractivity contribution >= 4 is 28.8 Å². The minimum absolute atomic E-state index is 0.153. The number of carbonyl (C=O) groups excluding carboxylic acids is 2. The zero-order chi connectivity index (χ0) is 21.5. The van der Waals surface area contributed by atoms with Gasteiger partial charge in [-0.1, -0.05) is 31.2 Å². The van der Waals surface area contributed by atoms with Gasteiger partial charge in [-0.25, -0.2) is 0 Å². The van der Waals surface area contributed by atoms with Gasteiger partial charge in [-0.05, 0) is 61.8 Å². The molecule has 2 heterocycles. The summed E-state index contributed by atoms with van der Waals surface area (Å²) in [5.41, 5.74) is 5.60. The summed E-state index contributed by atoms with van der Waals surface area (Å²) in [5.74, 6) is 0.461. The molecule has 0 saturated heterocycles. The second-order valence-electron chi connectivity index (χ2n) is 9.15. The topological polar surface area (TPSA) is 71.3 Å². The Morgan fingerprint density at radius 3 is 2.61 bits per heavy atom. The highest BCUT2D eigenvalue weighted by atomic mass is 16.3. The summed E-state index contributed by atoms with van der Waals surface area (Å²) in [5, 5.41) is 14.4. The molecule has 31 heavy (non-hydrogen) atoms. The molecule has 1 saturated carbocycles. The van der Waals surface area contributed by atoms with Crippen molar-refractivity contribution in [2.75, 3.05) is 5.32 Å².